The summed E-state index contributed by atoms with van der Waals surface area (Å²) in [7, 11) is 0. The van der Waals surface area contributed by atoms with Gasteiger partial charge >= 0.3 is 0 Å². The number of nitro benzene ring substituents is 1. The number of nitro groups is 1. The van der Waals surface area contributed by atoms with Crippen molar-refractivity contribution < 1.29 is 9.72 Å². The molecular formula is C18H14N4O3. The van der Waals surface area contributed by atoms with E-state index in [2.05, 4.69) is 10.3 Å². The maximum absolute atomic E-state index is 12.8. The van der Waals surface area contributed by atoms with Gasteiger partial charge in [-0.15, -0.1) is 0 Å². The van der Waals surface area contributed by atoms with Crippen LogP contribution in [0.5, 0.6) is 0 Å². The predicted molar refractivity (Wildman–Crippen MR) is 94.9 cm³/mol. The number of rotatable bonds is 5. The average Bonchev–Trinajstić information content (AvgIpc) is 2.63. The number of nitrogen functional groups attached to an aromatic ring is 1. The van der Waals surface area contributed by atoms with Crippen LogP contribution in [0.25, 0.3) is 0 Å². The van der Waals surface area contributed by atoms with Crippen LogP contribution in [0.2, 0.25) is 0 Å². The third-order valence-corrected chi connectivity index (χ3v) is 3.59. The van der Waals surface area contributed by atoms with Gasteiger partial charge in [-0.05, 0) is 18.2 Å². The number of aromatic nitrogens is 1. The van der Waals surface area contributed by atoms with Crippen molar-refractivity contribution in [2.75, 3.05) is 11.1 Å². The third-order valence-electron chi connectivity index (χ3n) is 3.59. The molecule has 0 fully saturated rings. The summed E-state index contributed by atoms with van der Waals surface area (Å²) in [4.78, 5) is 27.4. The third kappa shape index (κ3) is 3.45. The fraction of sp³-hybridized carbons (Fsp3) is 0. The van der Waals surface area contributed by atoms with Crippen molar-refractivity contribution in [3.8, 4) is 0 Å². The average molecular weight is 334 g/mol. The van der Waals surface area contributed by atoms with Gasteiger partial charge in [0.1, 0.15) is 0 Å². The second-order valence-electron chi connectivity index (χ2n) is 5.25. The number of anilines is 3. The molecule has 1 heterocycles. The summed E-state index contributed by atoms with van der Waals surface area (Å²) >= 11 is 0. The largest absolute Gasteiger partial charge is 0.396 e. The van der Waals surface area contributed by atoms with Crippen molar-refractivity contribution in [2.45, 2.75) is 0 Å². The minimum atomic E-state index is -0.524. The van der Waals surface area contributed by atoms with Crippen LogP contribution in [0, 0.1) is 10.1 Å². The number of carbonyl (C=O) groups excluding carboxylic acids is 1. The number of benzene rings is 2. The van der Waals surface area contributed by atoms with E-state index in [1.54, 1.807) is 42.5 Å². The fourth-order valence-corrected chi connectivity index (χ4v) is 2.34. The number of hydrogen-bond acceptors (Lipinski definition) is 6. The van der Waals surface area contributed by atoms with Gasteiger partial charge in [0.15, 0.2) is 11.6 Å². The van der Waals surface area contributed by atoms with E-state index in [9.17, 15) is 14.9 Å². The molecule has 0 atom stereocenters. The van der Waals surface area contributed by atoms with Gasteiger partial charge in [-0.25, -0.2) is 4.98 Å². The van der Waals surface area contributed by atoms with Crippen LogP contribution in [-0.4, -0.2) is 15.7 Å². The Bertz CT molecular complexity index is 942. The molecule has 3 aromatic rings. The van der Waals surface area contributed by atoms with Crippen LogP contribution >= 0.6 is 0 Å². The highest BCUT2D eigenvalue weighted by Gasteiger charge is 2.18. The van der Waals surface area contributed by atoms with Crippen molar-refractivity contribution in [3.05, 3.63) is 88.1 Å². The number of pyridine rings is 1. The summed E-state index contributed by atoms with van der Waals surface area (Å²) in [5, 5.41) is 14.0. The molecule has 0 spiro atoms. The van der Waals surface area contributed by atoms with Gasteiger partial charge in [0, 0.05) is 29.5 Å². The van der Waals surface area contributed by atoms with Gasteiger partial charge in [0.25, 0.3) is 5.69 Å². The zero-order valence-corrected chi connectivity index (χ0v) is 13.0. The molecule has 0 aliphatic heterocycles. The first-order valence-electron chi connectivity index (χ1n) is 7.42. The molecule has 0 unspecified atom stereocenters. The summed E-state index contributed by atoms with van der Waals surface area (Å²) in [5.74, 6) is 0.0672. The Morgan fingerprint density at radius 3 is 2.52 bits per heavy atom. The second-order valence-corrected chi connectivity index (χ2v) is 5.25. The highest BCUT2D eigenvalue weighted by atomic mass is 16.6. The van der Waals surface area contributed by atoms with Crippen molar-refractivity contribution in [3.63, 3.8) is 0 Å². The molecule has 25 heavy (non-hydrogen) atoms. The Morgan fingerprint density at radius 2 is 1.84 bits per heavy atom. The highest BCUT2D eigenvalue weighted by molar-refractivity contribution is 6.12. The summed E-state index contributed by atoms with van der Waals surface area (Å²) in [6.07, 6.45) is 1.54. The first-order valence-corrected chi connectivity index (χ1v) is 7.42. The first-order chi connectivity index (χ1) is 12.1. The normalized spacial score (nSPS) is 10.2. The molecule has 7 nitrogen and oxygen atoms in total. The van der Waals surface area contributed by atoms with Crippen molar-refractivity contribution in [1.82, 2.24) is 4.98 Å². The number of nitrogens with two attached hydrogens (primary N) is 1. The molecule has 3 rings (SSSR count). The molecule has 7 heteroatoms. The Hall–Kier alpha value is -3.74. The van der Waals surface area contributed by atoms with Gasteiger partial charge in [-0.3, -0.25) is 14.9 Å². The van der Waals surface area contributed by atoms with E-state index in [1.165, 1.54) is 24.4 Å². The highest BCUT2D eigenvalue weighted by Crippen LogP contribution is 2.29. The van der Waals surface area contributed by atoms with Crippen molar-refractivity contribution >= 4 is 28.7 Å². The van der Waals surface area contributed by atoms with Crippen molar-refractivity contribution in [1.29, 1.82) is 0 Å². The Balaban J connectivity index is 2.07. The van der Waals surface area contributed by atoms with E-state index in [0.717, 1.165) is 0 Å². The molecule has 3 N–H and O–H groups in total. The molecule has 0 bridgehead atoms. The van der Waals surface area contributed by atoms with Crippen LogP contribution in [0.1, 0.15) is 15.9 Å². The quantitative estimate of drug-likeness (QED) is 0.419. The van der Waals surface area contributed by atoms with E-state index >= 15 is 0 Å². The molecule has 0 aliphatic carbocycles. The SMILES string of the molecule is Nc1cccnc1Nc1cc([N+](=O)[O-])ccc1C(=O)c1ccccc1. The van der Waals surface area contributed by atoms with Gasteiger partial charge in [-0.1, -0.05) is 30.3 Å². The summed E-state index contributed by atoms with van der Waals surface area (Å²) in [6.45, 7) is 0. The number of ketones is 1. The zero-order chi connectivity index (χ0) is 17.8. The molecule has 0 aliphatic rings. The lowest BCUT2D eigenvalue weighted by atomic mass is 10.0. The molecule has 2 aromatic carbocycles. The number of non-ortho nitro benzene ring substituents is 1. The lowest BCUT2D eigenvalue weighted by Crippen LogP contribution is -2.07. The van der Waals surface area contributed by atoms with Gasteiger partial charge in [-0.2, -0.15) is 0 Å². The van der Waals surface area contributed by atoms with E-state index in [0.29, 0.717) is 22.6 Å². The van der Waals surface area contributed by atoms with E-state index < -0.39 is 4.92 Å². The summed E-state index contributed by atoms with van der Waals surface area (Å²) in [5.41, 5.74) is 7.14. The summed E-state index contributed by atoms with van der Waals surface area (Å²) in [6, 6.07) is 16.0. The van der Waals surface area contributed by atoms with Crippen LogP contribution < -0.4 is 11.1 Å². The Morgan fingerprint density at radius 1 is 1.08 bits per heavy atom. The molecule has 124 valence electrons. The van der Waals surface area contributed by atoms with Crippen LogP contribution in [0.4, 0.5) is 22.9 Å². The Labute approximate surface area is 143 Å². The summed E-state index contributed by atoms with van der Waals surface area (Å²) < 4.78 is 0. The predicted octanol–water partition coefficient (Wildman–Crippen LogP) is 3.55. The van der Waals surface area contributed by atoms with Gasteiger partial charge < -0.3 is 11.1 Å². The van der Waals surface area contributed by atoms with Crippen molar-refractivity contribution in [2.24, 2.45) is 0 Å². The monoisotopic (exact) mass is 334 g/mol. The van der Waals surface area contributed by atoms with E-state index in [-0.39, 0.29) is 17.2 Å². The lowest BCUT2D eigenvalue weighted by molar-refractivity contribution is -0.384. The molecular weight excluding hydrogens is 320 g/mol. The van der Waals surface area contributed by atoms with Crippen LogP contribution in [-0.2, 0) is 0 Å². The van der Waals surface area contributed by atoms with E-state index in [4.69, 9.17) is 5.73 Å². The molecule has 0 radical (unpaired) electrons. The second kappa shape index (κ2) is 6.79. The van der Waals surface area contributed by atoms with E-state index in [1.807, 2.05) is 0 Å². The smallest absolute Gasteiger partial charge is 0.271 e. The zero-order valence-electron chi connectivity index (χ0n) is 13.0. The van der Waals surface area contributed by atoms with Crippen LogP contribution in [0.15, 0.2) is 66.9 Å². The molecule has 0 saturated heterocycles. The fourth-order valence-electron chi connectivity index (χ4n) is 2.34. The lowest BCUT2D eigenvalue weighted by Gasteiger charge is -2.12. The van der Waals surface area contributed by atoms with Gasteiger partial charge in [0.05, 0.1) is 16.3 Å². The molecule has 0 amide bonds. The minimum Gasteiger partial charge on any atom is -0.396 e. The van der Waals surface area contributed by atoms with Crippen LogP contribution in [0.3, 0.4) is 0 Å². The molecule has 1 aromatic heterocycles. The van der Waals surface area contributed by atoms with Gasteiger partial charge in [0.2, 0.25) is 0 Å². The number of nitrogens with zero attached hydrogens (tertiary/aromatic N) is 2. The number of hydrogen-bond donors (Lipinski definition) is 2. The minimum absolute atomic E-state index is 0.137. The molecule has 0 saturated carbocycles. The number of nitrogens with one attached hydrogen (secondary N) is 1. The maximum Gasteiger partial charge on any atom is 0.271 e. The first kappa shape index (κ1) is 16.1. The topological polar surface area (TPSA) is 111 Å². The maximum atomic E-state index is 12.8. The number of carbonyl (C=O) groups is 1. The standard InChI is InChI=1S/C18H14N4O3/c19-15-7-4-10-20-18(15)21-16-11-13(22(24)25)8-9-14(16)17(23)12-5-2-1-3-6-12/h1-11H,19H2,(H,20,21). The Kier molecular flexibility index (Phi) is 4.38.